The minimum absolute atomic E-state index is 0.436. The van der Waals surface area contributed by atoms with E-state index in [1.54, 1.807) is 0 Å². The number of hydrogen-bond acceptors (Lipinski definition) is 4. The van der Waals surface area contributed by atoms with E-state index in [4.69, 9.17) is 4.74 Å². The normalized spacial score (nSPS) is 18.5. The number of ether oxygens (including phenoxy) is 1. The third kappa shape index (κ3) is 4.48. The number of anilines is 1. The van der Waals surface area contributed by atoms with Crippen molar-refractivity contribution < 1.29 is 4.74 Å². The van der Waals surface area contributed by atoms with Gasteiger partial charge in [-0.2, -0.15) is 0 Å². The van der Waals surface area contributed by atoms with Gasteiger partial charge in [-0.3, -0.25) is 0 Å². The molecule has 0 saturated carbocycles. The molecule has 4 heteroatoms. The van der Waals surface area contributed by atoms with Gasteiger partial charge in [0.25, 0.3) is 0 Å². The van der Waals surface area contributed by atoms with Crippen molar-refractivity contribution in [2.75, 3.05) is 31.2 Å². The number of hydrogen-bond donors (Lipinski definition) is 1. The summed E-state index contributed by atoms with van der Waals surface area (Å²) in [6, 6.07) is 7.15. The van der Waals surface area contributed by atoms with E-state index in [1.807, 2.05) is 19.2 Å². The SMILES string of the molecule is CCOCC(C)NC1CCN(c2ccccn2)CC1. The molecule has 1 N–H and O–H groups in total. The van der Waals surface area contributed by atoms with Gasteiger partial charge in [-0.05, 0) is 38.8 Å². The molecule has 1 saturated heterocycles. The fraction of sp³-hybridized carbons (Fsp3) is 0.667. The fourth-order valence-corrected chi connectivity index (χ4v) is 2.56. The average molecular weight is 263 g/mol. The summed E-state index contributed by atoms with van der Waals surface area (Å²) < 4.78 is 5.44. The maximum Gasteiger partial charge on any atom is 0.128 e. The van der Waals surface area contributed by atoms with Gasteiger partial charge in [-0.25, -0.2) is 4.98 Å². The number of nitrogens with zero attached hydrogens (tertiary/aromatic N) is 2. The molecule has 1 aliphatic heterocycles. The lowest BCUT2D eigenvalue weighted by Crippen LogP contribution is -2.46. The number of pyridine rings is 1. The molecular weight excluding hydrogens is 238 g/mol. The predicted molar refractivity (Wildman–Crippen MR) is 78.6 cm³/mol. The lowest BCUT2D eigenvalue weighted by molar-refractivity contribution is 0.122. The molecule has 1 aliphatic rings. The zero-order valence-electron chi connectivity index (χ0n) is 12.0. The number of nitrogens with one attached hydrogen (secondary N) is 1. The molecular formula is C15H25N3O. The second kappa shape index (κ2) is 7.46. The first kappa shape index (κ1) is 14.3. The molecule has 1 aromatic rings. The van der Waals surface area contributed by atoms with Crippen molar-refractivity contribution in [1.29, 1.82) is 0 Å². The van der Waals surface area contributed by atoms with Crippen molar-refractivity contribution in [3.8, 4) is 0 Å². The molecule has 2 heterocycles. The largest absolute Gasteiger partial charge is 0.380 e. The Hall–Kier alpha value is -1.13. The Morgan fingerprint density at radius 3 is 2.84 bits per heavy atom. The molecule has 1 atom stereocenters. The van der Waals surface area contributed by atoms with E-state index in [0.717, 1.165) is 32.1 Å². The second-order valence-electron chi connectivity index (χ2n) is 5.18. The van der Waals surface area contributed by atoms with E-state index < -0.39 is 0 Å². The standard InChI is InChI=1S/C15H25N3O/c1-3-19-12-13(2)17-14-7-10-18(11-8-14)15-6-4-5-9-16-15/h4-6,9,13-14,17H,3,7-8,10-12H2,1-2H3. The molecule has 0 bridgehead atoms. The molecule has 0 radical (unpaired) electrons. The zero-order chi connectivity index (χ0) is 13.5. The molecule has 4 nitrogen and oxygen atoms in total. The summed E-state index contributed by atoms with van der Waals surface area (Å²) in [5, 5.41) is 3.65. The first-order valence-electron chi connectivity index (χ1n) is 7.29. The highest BCUT2D eigenvalue weighted by Crippen LogP contribution is 2.17. The monoisotopic (exact) mass is 263 g/mol. The van der Waals surface area contributed by atoms with E-state index in [2.05, 4.69) is 34.3 Å². The first-order chi connectivity index (χ1) is 9.29. The summed E-state index contributed by atoms with van der Waals surface area (Å²) >= 11 is 0. The van der Waals surface area contributed by atoms with Gasteiger partial charge < -0.3 is 15.0 Å². The fourth-order valence-electron chi connectivity index (χ4n) is 2.56. The van der Waals surface area contributed by atoms with Gasteiger partial charge in [0.05, 0.1) is 6.61 Å². The molecule has 0 amide bonds. The Bertz CT molecular complexity index is 350. The van der Waals surface area contributed by atoms with Crippen molar-refractivity contribution in [1.82, 2.24) is 10.3 Å². The van der Waals surface area contributed by atoms with Gasteiger partial charge in [0.1, 0.15) is 5.82 Å². The van der Waals surface area contributed by atoms with Crippen LogP contribution in [0.2, 0.25) is 0 Å². The molecule has 0 aliphatic carbocycles. The van der Waals surface area contributed by atoms with Crippen LogP contribution in [0.3, 0.4) is 0 Å². The van der Waals surface area contributed by atoms with E-state index in [9.17, 15) is 0 Å². The van der Waals surface area contributed by atoms with Gasteiger partial charge >= 0.3 is 0 Å². The maximum atomic E-state index is 5.44. The quantitative estimate of drug-likeness (QED) is 0.852. The predicted octanol–water partition coefficient (Wildman–Crippen LogP) is 2.06. The van der Waals surface area contributed by atoms with Crippen LogP contribution in [0.25, 0.3) is 0 Å². The van der Waals surface area contributed by atoms with E-state index >= 15 is 0 Å². The minimum Gasteiger partial charge on any atom is -0.380 e. The van der Waals surface area contributed by atoms with Gasteiger partial charge in [0.2, 0.25) is 0 Å². The Balaban J connectivity index is 1.73. The molecule has 1 unspecified atom stereocenters. The van der Waals surface area contributed by atoms with Crippen molar-refractivity contribution >= 4 is 5.82 Å². The van der Waals surface area contributed by atoms with Crippen LogP contribution in [0.15, 0.2) is 24.4 Å². The molecule has 2 rings (SSSR count). The Labute approximate surface area is 116 Å². The Morgan fingerprint density at radius 2 is 2.21 bits per heavy atom. The van der Waals surface area contributed by atoms with Gasteiger partial charge in [-0.15, -0.1) is 0 Å². The van der Waals surface area contributed by atoms with Crippen molar-refractivity contribution in [3.63, 3.8) is 0 Å². The van der Waals surface area contributed by atoms with Crippen LogP contribution >= 0.6 is 0 Å². The maximum absolute atomic E-state index is 5.44. The smallest absolute Gasteiger partial charge is 0.128 e. The Morgan fingerprint density at radius 1 is 1.42 bits per heavy atom. The van der Waals surface area contributed by atoms with Crippen LogP contribution in [0.4, 0.5) is 5.82 Å². The summed E-state index contributed by atoms with van der Waals surface area (Å²) in [6.45, 7) is 7.99. The van der Waals surface area contributed by atoms with Gasteiger partial charge in [0.15, 0.2) is 0 Å². The highest BCUT2D eigenvalue weighted by Gasteiger charge is 2.20. The summed E-state index contributed by atoms with van der Waals surface area (Å²) in [5.41, 5.74) is 0. The van der Waals surface area contributed by atoms with Crippen LogP contribution in [0.5, 0.6) is 0 Å². The van der Waals surface area contributed by atoms with Crippen molar-refractivity contribution in [2.45, 2.75) is 38.8 Å². The summed E-state index contributed by atoms with van der Waals surface area (Å²) in [4.78, 5) is 6.78. The molecule has 1 fully saturated rings. The van der Waals surface area contributed by atoms with Crippen LogP contribution in [0, 0.1) is 0 Å². The number of aromatic nitrogens is 1. The molecule has 0 aromatic carbocycles. The highest BCUT2D eigenvalue weighted by molar-refractivity contribution is 5.38. The number of rotatable bonds is 6. The molecule has 19 heavy (non-hydrogen) atoms. The van der Waals surface area contributed by atoms with Crippen molar-refractivity contribution in [2.24, 2.45) is 0 Å². The zero-order valence-corrected chi connectivity index (χ0v) is 12.0. The molecule has 1 aromatic heterocycles. The van der Waals surface area contributed by atoms with Crippen LogP contribution in [-0.2, 0) is 4.74 Å². The Kier molecular flexibility index (Phi) is 5.61. The van der Waals surface area contributed by atoms with E-state index in [-0.39, 0.29) is 0 Å². The topological polar surface area (TPSA) is 37.4 Å². The second-order valence-corrected chi connectivity index (χ2v) is 5.18. The summed E-state index contributed by atoms with van der Waals surface area (Å²) in [5.74, 6) is 1.10. The third-order valence-electron chi connectivity index (χ3n) is 3.56. The lowest BCUT2D eigenvalue weighted by atomic mass is 10.0. The minimum atomic E-state index is 0.436. The van der Waals surface area contributed by atoms with Gasteiger partial charge in [0, 0.05) is 38.0 Å². The van der Waals surface area contributed by atoms with Gasteiger partial charge in [-0.1, -0.05) is 6.07 Å². The van der Waals surface area contributed by atoms with E-state index in [1.165, 1.54) is 12.8 Å². The number of piperidine rings is 1. The molecule has 0 spiro atoms. The third-order valence-corrected chi connectivity index (χ3v) is 3.56. The lowest BCUT2D eigenvalue weighted by Gasteiger charge is -2.34. The first-order valence-corrected chi connectivity index (χ1v) is 7.29. The average Bonchev–Trinajstić information content (AvgIpc) is 2.47. The van der Waals surface area contributed by atoms with E-state index in [0.29, 0.717) is 12.1 Å². The van der Waals surface area contributed by atoms with Crippen LogP contribution in [-0.4, -0.2) is 43.4 Å². The summed E-state index contributed by atoms with van der Waals surface area (Å²) in [7, 11) is 0. The molecule has 106 valence electrons. The van der Waals surface area contributed by atoms with Crippen LogP contribution in [0.1, 0.15) is 26.7 Å². The summed E-state index contributed by atoms with van der Waals surface area (Å²) in [6.07, 6.45) is 4.21. The van der Waals surface area contributed by atoms with Crippen molar-refractivity contribution in [3.05, 3.63) is 24.4 Å². The van der Waals surface area contributed by atoms with Crippen LogP contribution < -0.4 is 10.2 Å². The highest BCUT2D eigenvalue weighted by atomic mass is 16.5.